The van der Waals surface area contributed by atoms with Gasteiger partial charge < -0.3 is 73.8 Å². The summed E-state index contributed by atoms with van der Waals surface area (Å²) >= 11 is 6.24. The number of halogens is 1. The normalized spacial score (nSPS) is 17.6. The Morgan fingerprint density at radius 2 is 1.26 bits per heavy atom. The minimum atomic E-state index is -1.02. The van der Waals surface area contributed by atoms with Gasteiger partial charge in [0, 0.05) is 75.7 Å². The second-order valence-corrected chi connectivity index (χ2v) is 21.5. The van der Waals surface area contributed by atoms with Gasteiger partial charge in [-0.2, -0.15) is 0 Å². The van der Waals surface area contributed by atoms with E-state index in [0.29, 0.717) is 188 Å². The molecule has 3 fully saturated rings. The van der Waals surface area contributed by atoms with Gasteiger partial charge in [0.05, 0.1) is 153 Å². The Balaban J connectivity index is 0.542. The van der Waals surface area contributed by atoms with E-state index in [-0.39, 0.29) is 41.8 Å². The van der Waals surface area contributed by atoms with Gasteiger partial charge in [-0.1, -0.05) is 29.8 Å². The number of nitrogens with two attached hydrogens (primary N) is 1. The molecule has 2 atom stereocenters. The maximum Gasteiger partial charge on any atom is 0.264 e. The maximum atomic E-state index is 13.9. The van der Waals surface area contributed by atoms with Crippen molar-refractivity contribution in [3.05, 3.63) is 82.8 Å². The van der Waals surface area contributed by atoms with Crippen LogP contribution in [-0.2, 0) is 61.8 Å². The number of benzene rings is 2. The largest absolute Gasteiger partial charge is 0.382 e. The average molecular weight is 1220 g/mol. The number of fused-ring (bicyclic) bond motifs is 2. The van der Waals surface area contributed by atoms with E-state index in [0.717, 1.165) is 46.9 Å². The summed E-state index contributed by atoms with van der Waals surface area (Å²) in [5.41, 5.74) is 8.42. The van der Waals surface area contributed by atoms with Crippen LogP contribution in [-0.4, -0.2) is 248 Å². The Morgan fingerprint density at radius 3 is 1.84 bits per heavy atom. The number of anilines is 2. The number of aromatic nitrogens is 3. The van der Waals surface area contributed by atoms with Crippen molar-refractivity contribution in [2.45, 2.75) is 56.1 Å². The number of hydrogen-bond acceptors (Lipinski definition) is 21. The molecule has 2 aromatic heterocycles. The smallest absolute Gasteiger partial charge is 0.264 e. The predicted molar refractivity (Wildman–Crippen MR) is 316 cm³/mol. The molecule has 4 aliphatic heterocycles. The Morgan fingerprint density at radius 1 is 0.686 bits per heavy atom. The number of ether oxygens (including phenoxy) is 9. The van der Waals surface area contributed by atoms with Crippen LogP contribution in [0.5, 0.6) is 0 Å². The molecule has 2 aromatic carbocycles. The van der Waals surface area contributed by atoms with Crippen LogP contribution in [0.3, 0.4) is 0 Å². The highest BCUT2D eigenvalue weighted by molar-refractivity contribution is 6.30. The monoisotopic (exact) mass is 1220 g/mol. The van der Waals surface area contributed by atoms with Crippen LogP contribution >= 0.6 is 11.6 Å². The Hall–Kier alpha value is -6.27. The molecule has 6 N–H and O–H groups in total. The van der Waals surface area contributed by atoms with Crippen molar-refractivity contribution >= 4 is 69.6 Å². The second kappa shape index (κ2) is 34.9. The molecule has 4 aromatic rings. The molecular formula is C59H82ClN11O15. The molecule has 6 heterocycles. The van der Waals surface area contributed by atoms with Crippen molar-refractivity contribution in [3.63, 3.8) is 0 Å². The summed E-state index contributed by atoms with van der Waals surface area (Å²) in [6.07, 6.45) is 5.48. The minimum absolute atomic E-state index is 0.0562. The predicted octanol–water partition coefficient (Wildman–Crippen LogP) is 2.35. The first-order valence-electron chi connectivity index (χ1n) is 29.7. The first kappa shape index (κ1) is 65.7. The molecule has 0 spiro atoms. The number of carbonyl (C=O) groups is 6. The van der Waals surface area contributed by atoms with Crippen molar-refractivity contribution in [1.29, 1.82) is 0 Å². The van der Waals surface area contributed by atoms with Crippen LogP contribution in [0.25, 0.3) is 11.0 Å². The number of nitrogens with zero attached hydrogens (tertiary/aromatic N) is 6. The number of carbonyl (C=O) groups excluding carboxylic acids is 6. The summed E-state index contributed by atoms with van der Waals surface area (Å²) in [5, 5.41) is 10.2. The van der Waals surface area contributed by atoms with Crippen LogP contribution in [0, 0.1) is 0 Å². The fourth-order valence-corrected chi connectivity index (χ4v) is 10.5. The van der Waals surface area contributed by atoms with Gasteiger partial charge >= 0.3 is 0 Å². The number of amides is 6. The third kappa shape index (κ3) is 19.6. The molecule has 1 unspecified atom stereocenters. The fourth-order valence-electron chi connectivity index (χ4n) is 10.4. The zero-order chi connectivity index (χ0) is 60.4. The molecule has 8 rings (SSSR count). The van der Waals surface area contributed by atoms with Crippen LogP contribution < -0.4 is 26.6 Å². The van der Waals surface area contributed by atoms with Gasteiger partial charge in [0.2, 0.25) is 23.6 Å². The molecule has 470 valence electrons. The lowest BCUT2D eigenvalue weighted by Gasteiger charge is -2.39. The second-order valence-electron chi connectivity index (χ2n) is 21.0. The van der Waals surface area contributed by atoms with E-state index >= 15 is 0 Å². The van der Waals surface area contributed by atoms with Crippen molar-refractivity contribution in [2.24, 2.45) is 5.73 Å². The van der Waals surface area contributed by atoms with Crippen molar-refractivity contribution < 1.29 is 71.4 Å². The lowest BCUT2D eigenvalue weighted by atomic mass is 9.87. The number of H-pyrrole nitrogens is 1. The van der Waals surface area contributed by atoms with Crippen molar-refractivity contribution in [2.75, 3.05) is 181 Å². The first-order chi connectivity index (χ1) is 42.0. The summed E-state index contributed by atoms with van der Waals surface area (Å²) in [7, 11) is 0. The number of rotatable bonds is 39. The summed E-state index contributed by atoms with van der Waals surface area (Å²) in [5.74, 6) is -1.47. The number of aromatic amines is 1. The minimum Gasteiger partial charge on any atom is -0.382 e. The summed E-state index contributed by atoms with van der Waals surface area (Å²) in [4.78, 5) is 96.3. The van der Waals surface area contributed by atoms with E-state index in [1.807, 2.05) is 41.4 Å². The summed E-state index contributed by atoms with van der Waals surface area (Å²) < 4.78 is 50.2. The van der Waals surface area contributed by atoms with Gasteiger partial charge in [0.15, 0.2) is 0 Å². The zero-order valence-electron chi connectivity index (χ0n) is 48.8. The molecule has 3 saturated heterocycles. The van der Waals surface area contributed by atoms with Gasteiger partial charge in [0.1, 0.15) is 23.8 Å². The molecule has 27 heteroatoms. The van der Waals surface area contributed by atoms with E-state index in [4.69, 9.17) is 60.0 Å². The molecule has 6 amide bonds. The van der Waals surface area contributed by atoms with Crippen LogP contribution in [0.15, 0.2) is 61.1 Å². The Bertz CT molecular complexity index is 2800. The molecule has 0 bridgehead atoms. The maximum absolute atomic E-state index is 13.9. The number of piperazine rings is 1. The van der Waals surface area contributed by atoms with Gasteiger partial charge in [-0.15, -0.1) is 0 Å². The highest BCUT2D eigenvalue weighted by Gasteiger charge is 2.46. The van der Waals surface area contributed by atoms with Crippen molar-refractivity contribution in [1.82, 2.24) is 40.3 Å². The fraction of sp³-hybridized carbons (Fsp3) is 0.593. The standard InChI is InChI=1S/C59H82ClN11O15/c60-44-6-4-43(5-7-44)47(66-58(77)59(61)13-18-70(19-14-59)54-46-10-15-63-53(46)64-42-65-54)11-17-68-20-22-69(23-21-68)51(73)12-24-78-26-28-80-30-32-82-34-36-84-38-40-86-41-39-85-37-35-83-33-31-81-29-27-79-25-16-62-48-3-1-2-45-52(48)57(76)71(56(45)75)49-8-9-50(72)67-55(49)74/h1-7,10,15,42,47,49,62H,8-9,11-14,16-41,61H2,(H,66,77)(H,63,64,65)(H,67,72,74)/t47-,49?/m0/s1. The highest BCUT2D eigenvalue weighted by atomic mass is 35.5. The van der Waals surface area contributed by atoms with E-state index in [1.54, 1.807) is 24.5 Å². The quantitative estimate of drug-likeness (QED) is 0.0316. The third-order valence-corrected chi connectivity index (χ3v) is 15.5. The van der Waals surface area contributed by atoms with E-state index in [2.05, 4.69) is 40.7 Å². The summed E-state index contributed by atoms with van der Waals surface area (Å²) in [6, 6.07) is 13.1. The number of piperidine rings is 2. The van der Waals surface area contributed by atoms with Gasteiger partial charge in [-0.05, 0) is 61.6 Å². The van der Waals surface area contributed by atoms with Crippen LogP contribution in [0.1, 0.15) is 70.8 Å². The number of imide groups is 2. The molecule has 26 nitrogen and oxygen atoms in total. The SMILES string of the molecule is NC1(C(=O)N[C@@H](CCN2CCN(C(=O)CCOCCOCCOCCOCCOCCOCCOCCOCCOCCNc3cccc4c3C(=O)N(C3CCC(=O)NC3=O)C4=O)CC2)c2ccc(Cl)cc2)CCN(c2ncnc3[nH]ccc23)CC1. The molecule has 0 aliphatic carbocycles. The van der Waals surface area contributed by atoms with E-state index in [9.17, 15) is 28.8 Å². The number of hydrogen-bond donors (Lipinski definition) is 5. The van der Waals surface area contributed by atoms with Gasteiger partial charge in [-0.25, -0.2) is 9.97 Å². The lowest BCUT2D eigenvalue weighted by molar-refractivity contribution is -0.136. The lowest BCUT2D eigenvalue weighted by Crippen LogP contribution is -2.60. The van der Waals surface area contributed by atoms with E-state index < -0.39 is 35.2 Å². The van der Waals surface area contributed by atoms with E-state index in [1.165, 1.54) is 0 Å². The molecule has 86 heavy (non-hydrogen) atoms. The molecule has 4 aliphatic rings. The summed E-state index contributed by atoms with van der Waals surface area (Å²) in [6.45, 7) is 12.3. The van der Waals surface area contributed by atoms with Gasteiger partial charge in [-0.3, -0.25) is 43.9 Å². The van der Waals surface area contributed by atoms with Gasteiger partial charge in [0.25, 0.3) is 11.8 Å². The van der Waals surface area contributed by atoms with Crippen molar-refractivity contribution in [3.8, 4) is 0 Å². The molecule has 0 saturated carbocycles. The van der Waals surface area contributed by atoms with Crippen LogP contribution in [0.4, 0.5) is 11.5 Å². The van der Waals surface area contributed by atoms with Crippen LogP contribution in [0.2, 0.25) is 5.02 Å². The molecular weight excluding hydrogens is 1140 g/mol. The molecule has 0 radical (unpaired) electrons. The highest BCUT2D eigenvalue weighted by Crippen LogP contribution is 2.33. The Labute approximate surface area is 505 Å². The first-order valence-corrected chi connectivity index (χ1v) is 30.0. The topological polar surface area (TPSA) is 302 Å². The Kier molecular flexibility index (Phi) is 26.7. The average Bonchev–Trinajstić information content (AvgIpc) is 1.84. The number of nitrogens with one attached hydrogen (secondary N) is 4. The third-order valence-electron chi connectivity index (χ3n) is 15.2. The zero-order valence-corrected chi connectivity index (χ0v) is 49.6.